The highest BCUT2D eigenvalue weighted by atomic mass is 79.9. The van der Waals surface area contributed by atoms with Gasteiger partial charge in [-0.15, -0.1) is 0 Å². The van der Waals surface area contributed by atoms with Crippen LogP contribution in [0.2, 0.25) is 0 Å². The first kappa shape index (κ1) is 14.4. The molecule has 0 radical (unpaired) electrons. The summed E-state index contributed by atoms with van der Waals surface area (Å²) in [6.45, 7) is 1.97. The number of aromatic nitrogens is 2. The number of carbonyl (C=O) groups is 1. The van der Waals surface area contributed by atoms with Gasteiger partial charge in [0.2, 0.25) is 0 Å². The average Bonchev–Trinajstić information content (AvgIpc) is 2.42. The van der Waals surface area contributed by atoms with Crippen molar-refractivity contribution >= 4 is 31.6 Å². The third-order valence-corrected chi connectivity index (χ3v) is 4.05. The molecule has 1 aromatic rings. The van der Waals surface area contributed by atoms with Crippen molar-refractivity contribution in [1.29, 1.82) is 0 Å². The van der Waals surface area contributed by atoms with Crippen LogP contribution in [0.1, 0.15) is 18.3 Å². The van der Waals surface area contributed by atoms with Gasteiger partial charge in [-0.1, -0.05) is 6.92 Å². The first-order valence-electron chi connectivity index (χ1n) is 5.14. The quantitative estimate of drug-likeness (QED) is 0.807. The SMILES string of the molecule is CCc1nn(C)c(CC(=O)CS(C)(=O)=O)c1Br. The standard InChI is InChI=1S/C10H15BrN2O3S/c1-4-8-10(11)9(13(2)12-8)5-7(14)6-17(3,15)16/h4-6H2,1-3H3. The van der Waals surface area contributed by atoms with Crippen molar-refractivity contribution in [2.75, 3.05) is 12.0 Å². The highest BCUT2D eigenvalue weighted by Crippen LogP contribution is 2.22. The molecule has 0 atom stereocenters. The number of hydrogen-bond donors (Lipinski definition) is 0. The zero-order valence-corrected chi connectivity index (χ0v) is 12.4. The average molecular weight is 323 g/mol. The van der Waals surface area contributed by atoms with Crippen LogP contribution in [0.4, 0.5) is 0 Å². The van der Waals surface area contributed by atoms with Crippen LogP contribution >= 0.6 is 15.9 Å². The van der Waals surface area contributed by atoms with Gasteiger partial charge < -0.3 is 0 Å². The van der Waals surface area contributed by atoms with Gasteiger partial charge in [0, 0.05) is 13.3 Å². The molecule has 0 saturated carbocycles. The number of halogens is 1. The zero-order chi connectivity index (χ0) is 13.2. The Kier molecular flexibility index (Phi) is 4.48. The van der Waals surface area contributed by atoms with E-state index < -0.39 is 15.6 Å². The lowest BCUT2D eigenvalue weighted by atomic mass is 10.2. The van der Waals surface area contributed by atoms with E-state index in [0.29, 0.717) is 0 Å². The molecule has 0 aromatic carbocycles. The Morgan fingerprint density at radius 1 is 1.47 bits per heavy atom. The molecule has 5 nitrogen and oxygen atoms in total. The first-order valence-corrected chi connectivity index (χ1v) is 7.99. The summed E-state index contributed by atoms with van der Waals surface area (Å²) < 4.78 is 24.4. The van der Waals surface area contributed by atoms with E-state index in [-0.39, 0.29) is 12.2 Å². The van der Waals surface area contributed by atoms with Gasteiger partial charge in [0.25, 0.3) is 0 Å². The monoisotopic (exact) mass is 322 g/mol. The van der Waals surface area contributed by atoms with Gasteiger partial charge in [-0.3, -0.25) is 9.48 Å². The highest BCUT2D eigenvalue weighted by molar-refractivity contribution is 9.10. The number of hydrogen-bond acceptors (Lipinski definition) is 4. The van der Waals surface area contributed by atoms with Gasteiger partial charge in [0.15, 0.2) is 15.6 Å². The predicted molar refractivity (Wildman–Crippen MR) is 68.7 cm³/mol. The van der Waals surface area contributed by atoms with Crippen LogP contribution in [0.5, 0.6) is 0 Å². The van der Waals surface area contributed by atoms with Crippen molar-refractivity contribution in [1.82, 2.24) is 9.78 Å². The van der Waals surface area contributed by atoms with Crippen molar-refractivity contribution < 1.29 is 13.2 Å². The van der Waals surface area contributed by atoms with Crippen molar-refractivity contribution in [3.63, 3.8) is 0 Å². The van der Waals surface area contributed by atoms with E-state index in [1.54, 1.807) is 11.7 Å². The molecular weight excluding hydrogens is 308 g/mol. The highest BCUT2D eigenvalue weighted by Gasteiger charge is 2.18. The van der Waals surface area contributed by atoms with Crippen LogP contribution < -0.4 is 0 Å². The lowest BCUT2D eigenvalue weighted by Gasteiger charge is -2.01. The van der Waals surface area contributed by atoms with E-state index in [9.17, 15) is 13.2 Å². The molecule has 1 heterocycles. The Hall–Kier alpha value is -0.690. The molecular formula is C10H15BrN2O3S. The summed E-state index contributed by atoms with van der Waals surface area (Å²) in [5.41, 5.74) is 1.59. The maximum atomic E-state index is 11.6. The van der Waals surface area contributed by atoms with Crippen LogP contribution in [-0.4, -0.2) is 36.0 Å². The van der Waals surface area contributed by atoms with Crippen LogP contribution in [0, 0.1) is 0 Å². The second-order valence-electron chi connectivity index (χ2n) is 3.97. The molecule has 0 amide bonds. The third-order valence-electron chi connectivity index (χ3n) is 2.29. The number of sulfone groups is 1. The summed E-state index contributed by atoms with van der Waals surface area (Å²) in [5, 5.41) is 4.25. The maximum absolute atomic E-state index is 11.6. The number of carbonyl (C=O) groups excluding carboxylic acids is 1. The van der Waals surface area contributed by atoms with Gasteiger partial charge >= 0.3 is 0 Å². The van der Waals surface area contributed by atoms with Crippen LogP contribution in [-0.2, 0) is 34.5 Å². The van der Waals surface area contributed by atoms with E-state index >= 15 is 0 Å². The number of rotatable bonds is 5. The molecule has 1 aromatic heterocycles. The molecule has 0 unspecified atom stereocenters. The Balaban J connectivity index is 2.89. The molecule has 0 fully saturated rings. The van der Waals surface area contributed by atoms with Gasteiger partial charge in [0.1, 0.15) is 5.75 Å². The van der Waals surface area contributed by atoms with Crippen LogP contribution in [0.15, 0.2) is 4.47 Å². The fourth-order valence-electron chi connectivity index (χ4n) is 1.54. The van der Waals surface area contributed by atoms with Crippen LogP contribution in [0.25, 0.3) is 0 Å². The van der Waals surface area contributed by atoms with Gasteiger partial charge in [-0.05, 0) is 22.4 Å². The summed E-state index contributed by atoms with van der Waals surface area (Å²) in [7, 11) is -1.52. The number of ketones is 1. The fraction of sp³-hybridized carbons (Fsp3) is 0.600. The van der Waals surface area contributed by atoms with E-state index in [1.165, 1.54) is 0 Å². The minimum absolute atomic E-state index is 0.0805. The fourth-order valence-corrected chi connectivity index (χ4v) is 2.99. The molecule has 0 bridgehead atoms. The summed E-state index contributed by atoms with van der Waals surface area (Å²) >= 11 is 3.39. The van der Waals surface area contributed by atoms with Crippen LogP contribution in [0.3, 0.4) is 0 Å². The summed E-state index contributed by atoms with van der Waals surface area (Å²) in [6.07, 6.45) is 1.90. The van der Waals surface area contributed by atoms with E-state index in [2.05, 4.69) is 21.0 Å². The Bertz CT molecular complexity index is 534. The minimum Gasteiger partial charge on any atom is -0.298 e. The zero-order valence-electron chi connectivity index (χ0n) is 10.0. The Labute approximate surface area is 109 Å². The second kappa shape index (κ2) is 5.30. The van der Waals surface area contributed by atoms with Gasteiger partial charge in [-0.2, -0.15) is 5.10 Å². The Morgan fingerprint density at radius 2 is 2.06 bits per heavy atom. The third kappa shape index (κ3) is 3.92. The molecule has 17 heavy (non-hydrogen) atoms. The molecule has 0 aliphatic carbocycles. The molecule has 0 saturated heterocycles. The predicted octanol–water partition coefficient (Wildman–Crippen LogP) is 0.901. The maximum Gasteiger partial charge on any atom is 0.154 e. The van der Waals surface area contributed by atoms with E-state index in [4.69, 9.17) is 0 Å². The minimum atomic E-state index is -3.26. The Morgan fingerprint density at radius 3 is 2.47 bits per heavy atom. The molecule has 0 aliphatic heterocycles. The second-order valence-corrected chi connectivity index (χ2v) is 6.90. The van der Waals surface area contributed by atoms with Gasteiger partial charge in [0.05, 0.1) is 22.3 Å². The molecule has 7 heteroatoms. The summed E-state index contributed by atoms with van der Waals surface area (Å²) in [6, 6.07) is 0. The molecule has 0 N–H and O–H groups in total. The molecule has 1 rings (SSSR count). The number of nitrogens with zero attached hydrogens (tertiary/aromatic N) is 2. The van der Waals surface area contributed by atoms with Crippen molar-refractivity contribution in [3.05, 3.63) is 15.9 Å². The summed E-state index contributed by atoms with van der Waals surface area (Å²) in [5.74, 6) is -0.745. The molecule has 96 valence electrons. The smallest absolute Gasteiger partial charge is 0.154 e. The van der Waals surface area contributed by atoms with Crippen molar-refractivity contribution in [2.45, 2.75) is 19.8 Å². The van der Waals surface area contributed by atoms with Crippen molar-refractivity contribution in [2.24, 2.45) is 7.05 Å². The molecule has 0 aliphatic rings. The topological polar surface area (TPSA) is 69.0 Å². The molecule has 0 spiro atoms. The number of aryl methyl sites for hydroxylation is 2. The largest absolute Gasteiger partial charge is 0.298 e. The van der Waals surface area contributed by atoms with E-state index in [0.717, 1.165) is 28.5 Å². The van der Waals surface area contributed by atoms with E-state index in [1.807, 2.05) is 6.92 Å². The van der Waals surface area contributed by atoms with Gasteiger partial charge in [-0.25, -0.2) is 8.42 Å². The lowest BCUT2D eigenvalue weighted by molar-refractivity contribution is -0.116. The normalized spacial score (nSPS) is 11.8. The van der Waals surface area contributed by atoms with Crippen molar-refractivity contribution in [3.8, 4) is 0 Å². The number of Topliss-reactive ketones (excluding diaryl/α,β-unsaturated/α-hetero) is 1. The first-order chi connectivity index (χ1) is 7.74. The summed E-state index contributed by atoms with van der Waals surface area (Å²) in [4.78, 5) is 11.6. The lowest BCUT2D eigenvalue weighted by Crippen LogP contribution is -2.18.